The van der Waals surface area contributed by atoms with Gasteiger partial charge in [0.25, 0.3) is 11.8 Å². The average molecular weight is 478 g/mol. The molecule has 0 heterocycles. The standard InChI is InChI=1S/C21H24BrN3O3S/c1-13(2)10-11-28-18-9-8-16(12-17(18)22)19(26)23-21(29)25-24-20(27)15-6-4-14(3)5-7-15/h4-9,12-13H,10-11H2,1-3H3,(H,24,27)(H2,23,25,26,29). The molecule has 0 radical (unpaired) electrons. The van der Waals surface area contributed by atoms with E-state index in [0.29, 0.717) is 33.9 Å². The zero-order chi connectivity index (χ0) is 21.4. The molecule has 0 fully saturated rings. The first-order valence-corrected chi connectivity index (χ1v) is 10.4. The highest BCUT2D eigenvalue weighted by molar-refractivity contribution is 9.10. The van der Waals surface area contributed by atoms with E-state index in [9.17, 15) is 9.59 Å². The van der Waals surface area contributed by atoms with E-state index in [0.717, 1.165) is 12.0 Å². The number of thiocarbonyl (C=S) groups is 1. The van der Waals surface area contributed by atoms with Crippen LogP contribution >= 0.6 is 28.1 Å². The summed E-state index contributed by atoms with van der Waals surface area (Å²) in [5, 5.41) is 2.51. The minimum atomic E-state index is -0.401. The van der Waals surface area contributed by atoms with Crippen molar-refractivity contribution in [1.29, 1.82) is 0 Å². The molecule has 0 aliphatic carbocycles. The molecule has 0 spiro atoms. The van der Waals surface area contributed by atoms with Crippen LogP contribution in [0.2, 0.25) is 0 Å². The van der Waals surface area contributed by atoms with Gasteiger partial charge >= 0.3 is 0 Å². The van der Waals surface area contributed by atoms with Gasteiger partial charge in [-0.2, -0.15) is 0 Å². The molecule has 0 atom stereocenters. The zero-order valence-corrected chi connectivity index (χ0v) is 18.9. The van der Waals surface area contributed by atoms with Crippen LogP contribution in [-0.4, -0.2) is 23.5 Å². The Balaban J connectivity index is 1.85. The molecule has 0 aliphatic heterocycles. The highest BCUT2D eigenvalue weighted by Crippen LogP contribution is 2.26. The van der Waals surface area contributed by atoms with Crippen molar-refractivity contribution in [1.82, 2.24) is 16.2 Å². The van der Waals surface area contributed by atoms with E-state index < -0.39 is 5.91 Å². The molecule has 0 saturated carbocycles. The minimum Gasteiger partial charge on any atom is -0.492 e. The Morgan fingerprint density at radius 2 is 1.69 bits per heavy atom. The summed E-state index contributed by atoms with van der Waals surface area (Å²) in [7, 11) is 0. The van der Waals surface area contributed by atoms with Crippen LogP contribution in [0.25, 0.3) is 0 Å². The molecule has 2 aromatic carbocycles. The number of ether oxygens (including phenoxy) is 1. The normalized spacial score (nSPS) is 10.4. The molecule has 3 N–H and O–H groups in total. The van der Waals surface area contributed by atoms with Crippen molar-refractivity contribution < 1.29 is 14.3 Å². The van der Waals surface area contributed by atoms with Crippen LogP contribution in [0, 0.1) is 12.8 Å². The number of nitrogens with one attached hydrogen (secondary N) is 3. The lowest BCUT2D eigenvalue weighted by atomic mass is 10.1. The van der Waals surface area contributed by atoms with Gasteiger partial charge in [0, 0.05) is 11.1 Å². The number of hydrogen-bond acceptors (Lipinski definition) is 4. The molecular weight excluding hydrogens is 454 g/mol. The largest absolute Gasteiger partial charge is 0.492 e. The number of benzene rings is 2. The molecule has 29 heavy (non-hydrogen) atoms. The molecule has 0 aliphatic rings. The van der Waals surface area contributed by atoms with Crippen LogP contribution in [0.5, 0.6) is 5.75 Å². The summed E-state index contributed by atoms with van der Waals surface area (Å²) in [6.07, 6.45) is 0.947. The zero-order valence-electron chi connectivity index (χ0n) is 16.5. The smallest absolute Gasteiger partial charge is 0.269 e. The SMILES string of the molecule is Cc1ccc(C(=O)NNC(=S)NC(=O)c2ccc(OCCC(C)C)c(Br)c2)cc1. The maximum Gasteiger partial charge on any atom is 0.269 e. The fourth-order valence-corrected chi connectivity index (χ4v) is 2.90. The van der Waals surface area contributed by atoms with Gasteiger partial charge in [-0.15, -0.1) is 0 Å². The van der Waals surface area contributed by atoms with Crippen LogP contribution in [0.3, 0.4) is 0 Å². The number of aryl methyl sites for hydroxylation is 1. The van der Waals surface area contributed by atoms with Crippen molar-refractivity contribution in [3.8, 4) is 5.75 Å². The second-order valence-electron chi connectivity index (χ2n) is 6.90. The fraction of sp³-hybridized carbons (Fsp3) is 0.286. The predicted molar refractivity (Wildman–Crippen MR) is 121 cm³/mol. The van der Waals surface area contributed by atoms with Crippen molar-refractivity contribution in [2.75, 3.05) is 6.61 Å². The molecular formula is C21H24BrN3O3S. The van der Waals surface area contributed by atoms with Crippen molar-refractivity contribution >= 4 is 45.1 Å². The molecule has 2 aromatic rings. The molecule has 0 bridgehead atoms. The van der Waals surface area contributed by atoms with Crippen molar-refractivity contribution in [3.63, 3.8) is 0 Å². The maximum absolute atomic E-state index is 12.4. The first-order chi connectivity index (χ1) is 13.8. The highest BCUT2D eigenvalue weighted by Gasteiger charge is 2.12. The first-order valence-electron chi connectivity index (χ1n) is 9.17. The summed E-state index contributed by atoms with van der Waals surface area (Å²) in [5.74, 6) is 0.473. The Hall–Kier alpha value is -2.45. The summed E-state index contributed by atoms with van der Waals surface area (Å²) < 4.78 is 6.39. The van der Waals surface area contributed by atoms with Gasteiger partial charge in [-0.3, -0.25) is 25.8 Å². The van der Waals surface area contributed by atoms with Gasteiger partial charge in [0.2, 0.25) is 0 Å². The summed E-state index contributed by atoms with van der Waals surface area (Å²) in [6.45, 7) is 6.81. The highest BCUT2D eigenvalue weighted by atomic mass is 79.9. The Morgan fingerprint density at radius 3 is 2.31 bits per heavy atom. The third-order valence-corrected chi connectivity index (χ3v) is 4.80. The number of rotatable bonds is 6. The third kappa shape index (κ3) is 7.47. The Labute approximate surface area is 184 Å². The van der Waals surface area contributed by atoms with E-state index in [1.165, 1.54) is 0 Å². The van der Waals surface area contributed by atoms with Gasteiger partial charge in [0.15, 0.2) is 5.11 Å². The molecule has 8 heteroatoms. The molecule has 2 amide bonds. The monoisotopic (exact) mass is 477 g/mol. The maximum atomic E-state index is 12.4. The van der Waals surface area contributed by atoms with Crippen molar-refractivity contribution in [3.05, 3.63) is 63.6 Å². The van der Waals surface area contributed by atoms with Crippen LogP contribution < -0.4 is 20.9 Å². The summed E-state index contributed by atoms with van der Waals surface area (Å²) >= 11 is 8.48. The summed E-state index contributed by atoms with van der Waals surface area (Å²) in [5.41, 5.74) is 6.92. The molecule has 2 rings (SSSR count). The molecule has 6 nitrogen and oxygen atoms in total. The lowest BCUT2D eigenvalue weighted by Crippen LogP contribution is -2.48. The number of carbonyl (C=O) groups excluding carboxylic acids is 2. The van der Waals surface area contributed by atoms with Crippen LogP contribution in [0.1, 0.15) is 46.5 Å². The van der Waals surface area contributed by atoms with Crippen molar-refractivity contribution in [2.45, 2.75) is 27.2 Å². The number of hydrazine groups is 1. The lowest BCUT2D eigenvalue weighted by Gasteiger charge is -2.12. The second-order valence-corrected chi connectivity index (χ2v) is 8.17. The molecule has 0 aromatic heterocycles. The first kappa shape index (κ1) is 22.8. The second kappa shape index (κ2) is 10.9. The van der Waals surface area contributed by atoms with Gasteiger partial charge in [0.1, 0.15) is 5.75 Å². The number of carbonyl (C=O) groups is 2. The summed E-state index contributed by atoms with van der Waals surface area (Å²) in [6, 6.07) is 12.1. The Morgan fingerprint density at radius 1 is 1.03 bits per heavy atom. The van der Waals surface area contributed by atoms with E-state index >= 15 is 0 Å². The van der Waals surface area contributed by atoms with Crippen LogP contribution in [0.15, 0.2) is 46.9 Å². The summed E-state index contributed by atoms with van der Waals surface area (Å²) in [4.78, 5) is 24.4. The third-order valence-electron chi connectivity index (χ3n) is 3.98. The van der Waals surface area contributed by atoms with E-state index in [2.05, 4.69) is 45.9 Å². The van der Waals surface area contributed by atoms with Crippen LogP contribution in [-0.2, 0) is 0 Å². The minimum absolute atomic E-state index is 0.0103. The molecule has 0 unspecified atom stereocenters. The number of hydrogen-bond donors (Lipinski definition) is 3. The lowest BCUT2D eigenvalue weighted by molar-refractivity contribution is 0.0934. The predicted octanol–water partition coefficient (Wildman–Crippen LogP) is 4.13. The van der Waals surface area contributed by atoms with E-state index in [1.807, 2.05) is 19.1 Å². The Kier molecular flexibility index (Phi) is 8.60. The van der Waals surface area contributed by atoms with Crippen molar-refractivity contribution in [2.24, 2.45) is 5.92 Å². The van der Waals surface area contributed by atoms with Gasteiger partial charge in [-0.25, -0.2) is 0 Å². The quantitative estimate of drug-likeness (QED) is 0.430. The average Bonchev–Trinajstić information content (AvgIpc) is 2.67. The van der Waals surface area contributed by atoms with Gasteiger partial charge in [-0.1, -0.05) is 31.5 Å². The van der Waals surface area contributed by atoms with Crippen LogP contribution in [0.4, 0.5) is 0 Å². The molecule has 0 saturated heterocycles. The number of halogens is 1. The topological polar surface area (TPSA) is 79.5 Å². The van der Waals surface area contributed by atoms with Gasteiger partial charge < -0.3 is 4.74 Å². The fourth-order valence-electron chi connectivity index (χ4n) is 2.26. The van der Waals surface area contributed by atoms with Gasteiger partial charge in [0.05, 0.1) is 11.1 Å². The van der Waals surface area contributed by atoms with Gasteiger partial charge in [-0.05, 0) is 77.7 Å². The van der Waals surface area contributed by atoms with E-state index in [-0.39, 0.29) is 11.0 Å². The Bertz CT molecular complexity index is 885. The molecule has 154 valence electrons. The van der Waals surface area contributed by atoms with E-state index in [4.69, 9.17) is 17.0 Å². The number of amides is 2. The van der Waals surface area contributed by atoms with E-state index in [1.54, 1.807) is 30.3 Å².